The Labute approximate surface area is 139 Å². The van der Waals surface area contributed by atoms with Crippen LogP contribution in [0.4, 0.5) is 27.2 Å². The van der Waals surface area contributed by atoms with Crippen LogP contribution in [0.5, 0.6) is 0 Å². The number of aliphatic carboxylic acids is 1. The molecule has 0 aromatic heterocycles. The topological polar surface area (TPSA) is 159 Å². The van der Waals surface area contributed by atoms with E-state index in [0.29, 0.717) is 0 Å². The summed E-state index contributed by atoms with van der Waals surface area (Å²) in [4.78, 5) is 9.60. The average Bonchev–Trinajstić information content (AvgIpc) is 3.38. The predicted molar refractivity (Wildman–Crippen MR) is 72.5 cm³/mol. The molecule has 0 heterocycles. The van der Waals surface area contributed by atoms with E-state index in [1.807, 2.05) is 0 Å². The van der Waals surface area contributed by atoms with Crippen LogP contribution >= 0.6 is 0 Å². The highest BCUT2D eigenvalue weighted by atomic mass is 19.3. The molecule has 2 bridgehead atoms. The number of halogens is 6. The molecule has 0 spiro atoms. The van der Waals surface area contributed by atoms with Gasteiger partial charge in [0.2, 0.25) is 0 Å². The van der Waals surface area contributed by atoms with Crippen molar-refractivity contribution in [1.29, 1.82) is 0 Å². The Balaban J connectivity index is -0.0000000460. The first-order valence-corrected chi connectivity index (χ1v) is 5.99. The monoisotopic (exact) mass is 398 g/mol. The van der Waals surface area contributed by atoms with Gasteiger partial charge in [-0.2, -0.15) is 0 Å². The van der Waals surface area contributed by atoms with Crippen LogP contribution in [0.2, 0.25) is 0 Å². The van der Waals surface area contributed by atoms with Crippen LogP contribution in [0.1, 0.15) is 39.0 Å². The molecule has 2 fully saturated rings. The fourth-order valence-corrected chi connectivity index (χ4v) is 2.17. The average molecular weight is 398 g/mol. The van der Waals surface area contributed by atoms with E-state index >= 15 is 0 Å². The Hall–Kier alpha value is -1.45. The Bertz CT molecular complexity index is 209. The predicted octanol–water partition coefficient (Wildman–Crippen LogP) is 2.02. The Morgan fingerprint density at radius 2 is 0.880 bits per heavy atom. The van der Waals surface area contributed by atoms with Gasteiger partial charge in [0.25, 0.3) is 0 Å². The highest BCUT2D eigenvalue weighted by Gasteiger charge is 2.30. The number of hydrogen-bond acceptors (Lipinski definition) is 7. The van der Waals surface area contributed by atoms with Gasteiger partial charge < -0.3 is 5.11 Å². The molecule has 2 aliphatic rings. The molecular weight excluding hydrogens is 374 g/mol. The molecule has 0 aromatic rings. The molecule has 0 aromatic carbocycles. The summed E-state index contributed by atoms with van der Waals surface area (Å²) in [6, 6.07) is 0. The van der Waals surface area contributed by atoms with E-state index in [9.17, 15) is 4.79 Å². The first kappa shape index (κ1) is 38.9. The third-order valence-corrected chi connectivity index (χ3v) is 3.00. The fraction of sp³-hybridized carbons (Fsp3) is 0.727. The van der Waals surface area contributed by atoms with Crippen molar-refractivity contribution in [2.24, 2.45) is 11.8 Å². The van der Waals surface area contributed by atoms with Crippen molar-refractivity contribution in [2.45, 2.75) is 39.0 Å². The number of carbonyl (C=O) groups is 1. The van der Waals surface area contributed by atoms with E-state index in [2.05, 4.69) is 6.58 Å². The molecule has 14 heteroatoms. The zero-order chi connectivity index (χ0) is 21.8. The van der Waals surface area contributed by atoms with E-state index in [-0.39, 0.29) is 5.57 Å². The van der Waals surface area contributed by atoms with E-state index in [4.69, 9.17) is 64.1 Å². The molecule has 2 aliphatic carbocycles. The summed E-state index contributed by atoms with van der Waals surface area (Å²) in [5, 5.41) is 40.9. The maximum Gasteiger partial charge on any atom is 0.330 e. The summed E-state index contributed by atoms with van der Waals surface area (Å²) >= 11 is 0. The smallest absolute Gasteiger partial charge is 0.330 e. The highest BCUT2D eigenvalue weighted by molar-refractivity contribution is 5.84. The zero-order valence-electron chi connectivity index (χ0n) is 13.2. The minimum absolute atomic E-state index is 0.176. The summed E-state index contributed by atoms with van der Waals surface area (Å²) in [5.74, 6) is 1.41. The molecule has 25 heavy (non-hydrogen) atoms. The van der Waals surface area contributed by atoms with Crippen molar-refractivity contribution >= 4 is 5.97 Å². The van der Waals surface area contributed by atoms with Gasteiger partial charge in [0.1, 0.15) is 0 Å². The number of fused-ring (bicyclic) bond motifs is 2. The highest BCUT2D eigenvalue weighted by Crippen LogP contribution is 2.43. The molecule has 0 atom stereocenters. The van der Waals surface area contributed by atoms with Crippen LogP contribution in [0, 0.1) is 11.8 Å². The van der Waals surface area contributed by atoms with Crippen LogP contribution in [0.25, 0.3) is 0 Å². The van der Waals surface area contributed by atoms with Crippen molar-refractivity contribution in [2.75, 3.05) is 0 Å². The fourth-order valence-electron chi connectivity index (χ4n) is 2.17. The lowest BCUT2D eigenvalue weighted by molar-refractivity contribution is -0.132. The lowest BCUT2D eigenvalue weighted by Gasteiger charge is -2.05. The van der Waals surface area contributed by atoms with Crippen LogP contribution in [0.15, 0.2) is 12.2 Å². The number of carboxylic acids is 1. The maximum atomic E-state index is 9.60. The summed E-state index contributed by atoms with van der Waals surface area (Å²) in [7, 11) is 0. The Morgan fingerprint density at radius 3 is 0.920 bits per heavy atom. The zero-order valence-corrected chi connectivity index (χ0v) is 13.2. The van der Waals surface area contributed by atoms with Crippen molar-refractivity contribution in [1.82, 2.24) is 0 Å². The van der Waals surface area contributed by atoms with Crippen molar-refractivity contribution < 1.29 is 68.9 Å². The molecule has 8 nitrogen and oxygen atoms in total. The molecule has 158 valence electrons. The molecule has 2 saturated carbocycles. The van der Waals surface area contributed by atoms with Crippen LogP contribution < -0.4 is 0 Å². The van der Waals surface area contributed by atoms with Gasteiger partial charge in [0.15, 0.2) is 0 Å². The number of carboxylic acid groups (broad SMARTS) is 1. The first-order chi connectivity index (χ1) is 12.1. The van der Waals surface area contributed by atoms with Gasteiger partial charge in [-0.3, -0.25) is 0 Å². The molecular formula is C11H24F6O8. The summed E-state index contributed by atoms with van der Waals surface area (Å²) in [5.41, 5.74) is 0.176. The van der Waals surface area contributed by atoms with E-state index < -0.39 is 5.97 Å². The molecule has 0 amide bonds. The van der Waals surface area contributed by atoms with Gasteiger partial charge in [-0.25, -0.2) is 36.7 Å². The van der Waals surface area contributed by atoms with Crippen LogP contribution in [-0.2, 0) is 4.79 Å². The third kappa shape index (κ3) is 34.8. The van der Waals surface area contributed by atoms with E-state index in [1.165, 1.54) is 18.8 Å². The third-order valence-electron chi connectivity index (χ3n) is 3.00. The SMILES string of the molecule is C1CC2CCC1C2.C=C(C)C(=O)O.OF.OF.OF.OF.OF.OF. The quantitative estimate of drug-likeness (QED) is 0.261. The summed E-state index contributed by atoms with van der Waals surface area (Å²) in [6.45, 7) is 4.60. The Morgan fingerprint density at radius 1 is 0.720 bits per heavy atom. The van der Waals surface area contributed by atoms with E-state index in [0.717, 1.165) is 0 Å². The van der Waals surface area contributed by atoms with Crippen molar-refractivity contribution in [3.8, 4) is 0 Å². The second-order valence-electron chi connectivity index (χ2n) is 4.21. The number of hydrogen-bond donors (Lipinski definition) is 7. The summed E-state index contributed by atoms with van der Waals surface area (Å²) < 4.78 is 51.0. The van der Waals surface area contributed by atoms with E-state index in [1.54, 1.807) is 32.1 Å². The molecule has 0 radical (unpaired) electrons. The van der Waals surface area contributed by atoms with Gasteiger partial charge in [-0.05, 0) is 25.2 Å². The largest absolute Gasteiger partial charge is 0.478 e. The lowest BCUT2D eigenvalue weighted by atomic mass is 10.0. The van der Waals surface area contributed by atoms with Crippen LogP contribution in [-0.4, -0.2) is 42.9 Å². The van der Waals surface area contributed by atoms with Crippen molar-refractivity contribution in [3.63, 3.8) is 0 Å². The van der Waals surface area contributed by atoms with Gasteiger partial charge in [-0.15, -0.1) is 0 Å². The van der Waals surface area contributed by atoms with Gasteiger partial charge >= 0.3 is 5.97 Å². The van der Waals surface area contributed by atoms with Gasteiger partial charge in [0, 0.05) is 5.57 Å². The first-order valence-electron chi connectivity index (χ1n) is 5.99. The minimum Gasteiger partial charge on any atom is -0.478 e. The maximum absolute atomic E-state index is 9.60. The molecule has 7 N–H and O–H groups in total. The van der Waals surface area contributed by atoms with Crippen molar-refractivity contribution in [3.05, 3.63) is 12.2 Å². The lowest BCUT2D eigenvalue weighted by Crippen LogP contribution is -1.92. The number of rotatable bonds is 1. The second kappa shape index (κ2) is 43.3. The summed E-state index contributed by atoms with van der Waals surface area (Å²) in [6.07, 6.45) is 7.82. The molecule has 2 rings (SSSR count). The van der Waals surface area contributed by atoms with Gasteiger partial charge in [0.05, 0.1) is 0 Å². The second-order valence-corrected chi connectivity index (χ2v) is 4.21. The Kier molecular flexibility index (Phi) is 67.4. The standard InChI is InChI=1S/C7H12.C4H6O2.6FHO/c1-2-7-4-3-6(1)5-7;1-3(2)4(5)6;6*1-2/h6-7H,1-5H2;1H2,2H3,(H,5,6);6*2H. The minimum atomic E-state index is -0.935. The van der Waals surface area contributed by atoms with Crippen LogP contribution in [0.3, 0.4) is 0 Å². The molecule has 0 saturated heterocycles. The molecule has 0 unspecified atom stereocenters. The molecule has 0 aliphatic heterocycles. The van der Waals surface area contributed by atoms with Gasteiger partial charge in [-0.1, -0.05) is 59.4 Å². The normalized spacial score (nSPS) is 16.7.